The van der Waals surface area contributed by atoms with Crippen LogP contribution < -0.4 is 5.32 Å². The van der Waals surface area contributed by atoms with Crippen LogP contribution in [0.25, 0.3) is 16.7 Å². The second-order valence-electron chi connectivity index (χ2n) is 6.30. The van der Waals surface area contributed by atoms with Crippen molar-refractivity contribution in [2.45, 2.75) is 13.8 Å². The second-order valence-corrected chi connectivity index (χ2v) is 7.30. The molecule has 3 heterocycles. The van der Waals surface area contributed by atoms with Crippen LogP contribution in [0, 0.1) is 13.8 Å². The zero-order valence-corrected chi connectivity index (χ0v) is 16.8. The Bertz CT molecular complexity index is 1240. The fourth-order valence-electron chi connectivity index (χ4n) is 2.93. The molecule has 0 aliphatic carbocycles. The van der Waals surface area contributed by atoms with Gasteiger partial charge in [-0.05, 0) is 32.0 Å². The summed E-state index contributed by atoms with van der Waals surface area (Å²) in [7, 11) is 1.30. The first-order chi connectivity index (χ1) is 14.0. The average molecular weight is 407 g/mol. The van der Waals surface area contributed by atoms with E-state index in [-0.39, 0.29) is 5.91 Å². The van der Waals surface area contributed by atoms with Gasteiger partial charge >= 0.3 is 5.97 Å². The quantitative estimate of drug-likeness (QED) is 0.520. The molecular formula is C20H17N5O3S. The number of para-hydroxylation sites is 1. The van der Waals surface area contributed by atoms with Crippen molar-refractivity contribution in [1.29, 1.82) is 0 Å². The van der Waals surface area contributed by atoms with Gasteiger partial charge < -0.3 is 4.74 Å². The van der Waals surface area contributed by atoms with Crippen LogP contribution in [0.2, 0.25) is 0 Å². The molecule has 3 aromatic heterocycles. The first-order valence-corrected chi connectivity index (χ1v) is 9.57. The van der Waals surface area contributed by atoms with Crippen molar-refractivity contribution in [2.24, 2.45) is 0 Å². The molecule has 0 radical (unpaired) electrons. The van der Waals surface area contributed by atoms with Crippen LogP contribution in [0.15, 0.2) is 42.6 Å². The molecule has 0 saturated heterocycles. The van der Waals surface area contributed by atoms with E-state index in [0.29, 0.717) is 32.8 Å². The number of esters is 1. The largest absolute Gasteiger partial charge is 0.465 e. The zero-order valence-electron chi connectivity index (χ0n) is 16.0. The lowest BCUT2D eigenvalue weighted by molar-refractivity contribution is 0.0605. The van der Waals surface area contributed by atoms with Crippen LogP contribution >= 0.6 is 11.3 Å². The molecule has 146 valence electrons. The van der Waals surface area contributed by atoms with Crippen molar-refractivity contribution in [3.05, 3.63) is 64.4 Å². The van der Waals surface area contributed by atoms with Crippen molar-refractivity contribution < 1.29 is 14.3 Å². The molecule has 9 heteroatoms. The van der Waals surface area contributed by atoms with E-state index in [0.717, 1.165) is 22.2 Å². The maximum absolute atomic E-state index is 12.7. The summed E-state index contributed by atoms with van der Waals surface area (Å²) in [6.45, 7) is 3.48. The SMILES string of the molecule is COC(=O)c1sc(NC(=O)c2cnn(-c3ccc4ccccc4n3)c2C)nc1C. The topological polar surface area (TPSA) is 99.0 Å². The van der Waals surface area contributed by atoms with E-state index < -0.39 is 5.97 Å². The normalized spacial score (nSPS) is 10.9. The molecule has 0 fully saturated rings. The van der Waals surface area contributed by atoms with Crippen LogP contribution in [0.1, 0.15) is 31.4 Å². The molecule has 0 bridgehead atoms. The Balaban J connectivity index is 1.61. The summed E-state index contributed by atoms with van der Waals surface area (Å²) in [5.74, 6) is -0.218. The number of aromatic nitrogens is 4. The Morgan fingerprint density at radius 3 is 2.69 bits per heavy atom. The van der Waals surface area contributed by atoms with E-state index in [1.807, 2.05) is 36.4 Å². The Labute approximate surface area is 170 Å². The first kappa shape index (κ1) is 18.8. The lowest BCUT2D eigenvalue weighted by atomic mass is 10.2. The summed E-state index contributed by atoms with van der Waals surface area (Å²) in [5, 5.41) is 8.39. The summed E-state index contributed by atoms with van der Waals surface area (Å²) >= 11 is 1.07. The summed E-state index contributed by atoms with van der Waals surface area (Å²) in [6.07, 6.45) is 1.49. The molecule has 0 unspecified atom stereocenters. The minimum absolute atomic E-state index is 0.323. The zero-order chi connectivity index (χ0) is 20.5. The molecule has 0 atom stereocenters. The van der Waals surface area contributed by atoms with E-state index in [9.17, 15) is 9.59 Å². The summed E-state index contributed by atoms with van der Waals surface area (Å²) in [6, 6.07) is 11.6. The number of hydrogen-bond acceptors (Lipinski definition) is 7. The van der Waals surface area contributed by atoms with Crippen LogP contribution in [0.5, 0.6) is 0 Å². The van der Waals surface area contributed by atoms with Gasteiger partial charge in [-0.25, -0.2) is 19.4 Å². The highest BCUT2D eigenvalue weighted by Crippen LogP contribution is 2.24. The number of benzene rings is 1. The van der Waals surface area contributed by atoms with Gasteiger partial charge in [0.15, 0.2) is 10.9 Å². The van der Waals surface area contributed by atoms with Crippen molar-refractivity contribution >= 4 is 39.2 Å². The Morgan fingerprint density at radius 1 is 1.10 bits per heavy atom. The van der Waals surface area contributed by atoms with Crippen LogP contribution in [0.3, 0.4) is 0 Å². The molecule has 4 aromatic rings. The van der Waals surface area contributed by atoms with Gasteiger partial charge in [-0.1, -0.05) is 29.5 Å². The van der Waals surface area contributed by atoms with Crippen LogP contribution in [0.4, 0.5) is 5.13 Å². The molecule has 29 heavy (non-hydrogen) atoms. The molecule has 0 aliphatic rings. The monoisotopic (exact) mass is 407 g/mol. The minimum Gasteiger partial charge on any atom is -0.465 e. The molecule has 0 saturated carbocycles. The van der Waals surface area contributed by atoms with Gasteiger partial charge in [0.2, 0.25) is 0 Å². The van der Waals surface area contributed by atoms with Gasteiger partial charge in [0.05, 0.1) is 35.8 Å². The molecule has 1 amide bonds. The number of carbonyl (C=O) groups excluding carboxylic acids is 2. The number of nitrogens with one attached hydrogen (secondary N) is 1. The highest BCUT2D eigenvalue weighted by atomic mass is 32.1. The number of rotatable bonds is 4. The Hall–Kier alpha value is -3.59. The first-order valence-electron chi connectivity index (χ1n) is 8.76. The lowest BCUT2D eigenvalue weighted by Gasteiger charge is -2.06. The maximum Gasteiger partial charge on any atom is 0.350 e. The molecule has 8 nitrogen and oxygen atoms in total. The number of nitrogens with zero attached hydrogens (tertiary/aromatic N) is 4. The number of anilines is 1. The van der Waals surface area contributed by atoms with Crippen molar-refractivity contribution in [1.82, 2.24) is 19.7 Å². The van der Waals surface area contributed by atoms with Crippen molar-refractivity contribution in [3.63, 3.8) is 0 Å². The smallest absolute Gasteiger partial charge is 0.350 e. The van der Waals surface area contributed by atoms with Crippen LogP contribution in [-0.4, -0.2) is 38.7 Å². The number of aryl methyl sites for hydroxylation is 1. The fraction of sp³-hybridized carbons (Fsp3) is 0.150. The predicted octanol–water partition coefficient (Wildman–Crippen LogP) is 3.53. The maximum atomic E-state index is 12.7. The van der Waals surface area contributed by atoms with E-state index in [1.54, 1.807) is 18.5 Å². The van der Waals surface area contributed by atoms with Crippen molar-refractivity contribution in [2.75, 3.05) is 12.4 Å². The summed E-state index contributed by atoms with van der Waals surface area (Å²) in [5.41, 5.74) is 2.39. The third kappa shape index (κ3) is 3.47. The predicted molar refractivity (Wildman–Crippen MR) is 110 cm³/mol. The fourth-order valence-corrected chi connectivity index (χ4v) is 3.81. The summed E-state index contributed by atoms with van der Waals surface area (Å²) in [4.78, 5) is 33.6. The lowest BCUT2D eigenvalue weighted by Crippen LogP contribution is -2.13. The number of methoxy groups -OCH3 is 1. The highest BCUT2D eigenvalue weighted by Gasteiger charge is 2.20. The van der Waals surface area contributed by atoms with Gasteiger partial charge in [-0.15, -0.1) is 0 Å². The standard InChI is InChI=1S/C20H17N5O3S/c1-11-17(19(27)28-3)29-20(22-11)24-18(26)14-10-21-25(12(14)2)16-9-8-13-6-4-5-7-15(13)23-16/h4-10H,1-3H3,(H,22,24,26). The Morgan fingerprint density at radius 2 is 1.90 bits per heavy atom. The van der Waals surface area contributed by atoms with Crippen LogP contribution in [-0.2, 0) is 4.74 Å². The highest BCUT2D eigenvalue weighted by molar-refractivity contribution is 7.17. The number of hydrogen-bond donors (Lipinski definition) is 1. The number of pyridine rings is 1. The molecule has 1 aromatic carbocycles. The van der Waals surface area contributed by atoms with Gasteiger partial charge in [0.1, 0.15) is 4.88 Å². The van der Waals surface area contributed by atoms with Gasteiger partial charge in [0.25, 0.3) is 5.91 Å². The Kier molecular flexibility index (Phi) is 4.81. The third-order valence-corrected chi connectivity index (χ3v) is 5.50. The van der Waals surface area contributed by atoms with E-state index in [4.69, 9.17) is 4.74 Å². The van der Waals surface area contributed by atoms with E-state index in [1.165, 1.54) is 13.3 Å². The number of carbonyl (C=O) groups is 2. The number of thiazole rings is 1. The number of ether oxygens (including phenoxy) is 1. The molecule has 0 spiro atoms. The van der Waals surface area contributed by atoms with E-state index >= 15 is 0 Å². The van der Waals surface area contributed by atoms with Crippen molar-refractivity contribution in [3.8, 4) is 5.82 Å². The van der Waals surface area contributed by atoms with Gasteiger partial charge in [-0.3, -0.25) is 10.1 Å². The number of fused-ring (bicyclic) bond motifs is 1. The van der Waals surface area contributed by atoms with Gasteiger partial charge in [0, 0.05) is 5.39 Å². The molecule has 1 N–H and O–H groups in total. The second kappa shape index (κ2) is 7.44. The minimum atomic E-state index is -0.480. The van der Waals surface area contributed by atoms with Gasteiger partial charge in [-0.2, -0.15) is 5.10 Å². The third-order valence-electron chi connectivity index (χ3n) is 4.44. The molecule has 4 rings (SSSR count). The van der Waals surface area contributed by atoms with E-state index in [2.05, 4.69) is 20.4 Å². The average Bonchev–Trinajstić information content (AvgIpc) is 3.29. The molecular weight excluding hydrogens is 390 g/mol. The summed E-state index contributed by atoms with van der Waals surface area (Å²) < 4.78 is 6.34. The molecule has 0 aliphatic heterocycles. The number of amides is 1.